The topological polar surface area (TPSA) is 103 Å². The van der Waals surface area contributed by atoms with Crippen molar-refractivity contribution >= 4 is 40.9 Å². The van der Waals surface area contributed by atoms with Crippen molar-refractivity contribution in [1.29, 1.82) is 0 Å². The number of aromatic nitrogens is 2. The zero-order valence-electron chi connectivity index (χ0n) is 22.8. The molecule has 2 heterocycles. The Bertz CT molecular complexity index is 1710. The molecular weight excluding hydrogens is 540 g/mol. The molecule has 5 rings (SSSR count). The third-order valence-corrected chi connectivity index (χ3v) is 7.70. The molecule has 1 aliphatic heterocycles. The first-order chi connectivity index (χ1) is 19.8. The van der Waals surface area contributed by atoms with Crippen molar-refractivity contribution in [2.24, 2.45) is 7.05 Å². The Morgan fingerprint density at radius 1 is 0.854 bits per heavy atom. The second-order valence-corrected chi connectivity index (χ2v) is 10.4. The summed E-state index contributed by atoms with van der Waals surface area (Å²) in [5.74, 6) is -1.62. The largest absolute Gasteiger partial charge is 0.462 e. The molecule has 4 aromatic rings. The molecule has 41 heavy (non-hydrogen) atoms. The van der Waals surface area contributed by atoms with Gasteiger partial charge in [-0.25, -0.2) is 14.4 Å². The van der Waals surface area contributed by atoms with E-state index >= 15 is 0 Å². The third kappa shape index (κ3) is 5.33. The number of imide groups is 1. The van der Waals surface area contributed by atoms with Crippen LogP contribution in [0.1, 0.15) is 29.4 Å². The van der Waals surface area contributed by atoms with E-state index in [1.165, 1.54) is 28.9 Å². The minimum absolute atomic E-state index is 0.00120. The number of hydrogen-bond donors (Lipinski definition) is 1. The van der Waals surface area contributed by atoms with Crippen molar-refractivity contribution < 1.29 is 19.1 Å². The average molecular weight is 569 g/mol. The highest BCUT2D eigenvalue weighted by atomic mass is 32.2. The summed E-state index contributed by atoms with van der Waals surface area (Å²) in [7, 11) is 1.75. The minimum atomic E-state index is -0.608. The van der Waals surface area contributed by atoms with Crippen LogP contribution >= 0.6 is 11.8 Å². The number of rotatable bonds is 9. The lowest BCUT2D eigenvalue weighted by Gasteiger charge is -2.15. The van der Waals surface area contributed by atoms with Crippen LogP contribution in [0.4, 0.5) is 11.4 Å². The Labute approximate surface area is 241 Å². The van der Waals surface area contributed by atoms with Gasteiger partial charge in [0.05, 0.1) is 29.2 Å². The highest BCUT2D eigenvalue weighted by Crippen LogP contribution is 2.38. The van der Waals surface area contributed by atoms with Crippen LogP contribution in [-0.2, 0) is 21.4 Å². The molecule has 0 saturated carbocycles. The number of anilines is 2. The van der Waals surface area contributed by atoms with E-state index in [-0.39, 0.29) is 21.8 Å². The highest BCUT2D eigenvalue weighted by molar-refractivity contribution is 8.04. The molecule has 0 saturated heterocycles. The Balaban J connectivity index is 1.53. The van der Waals surface area contributed by atoms with E-state index in [0.717, 1.165) is 21.6 Å². The van der Waals surface area contributed by atoms with E-state index in [4.69, 9.17) is 4.74 Å². The molecular formula is C31H28N4O5S. The molecule has 3 aromatic carbocycles. The maximum atomic E-state index is 13.8. The van der Waals surface area contributed by atoms with Crippen molar-refractivity contribution in [3.8, 4) is 5.69 Å². The summed E-state index contributed by atoms with van der Waals surface area (Å²) >= 11 is 1.14. The van der Waals surface area contributed by atoms with E-state index in [0.29, 0.717) is 35.7 Å². The minimum Gasteiger partial charge on any atom is -0.462 e. The quantitative estimate of drug-likeness (QED) is 0.223. The van der Waals surface area contributed by atoms with Gasteiger partial charge in [-0.15, -0.1) is 0 Å². The fourth-order valence-electron chi connectivity index (χ4n) is 4.42. The highest BCUT2D eigenvalue weighted by Gasteiger charge is 2.41. The van der Waals surface area contributed by atoms with Crippen LogP contribution < -0.4 is 15.8 Å². The van der Waals surface area contributed by atoms with Crippen molar-refractivity contribution in [3.63, 3.8) is 0 Å². The number of para-hydroxylation sites is 1. The van der Waals surface area contributed by atoms with Gasteiger partial charge in [0.15, 0.2) is 0 Å². The first-order valence-corrected chi connectivity index (χ1v) is 13.9. The fraction of sp³-hybridized carbons (Fsp3) is 0.161. The van der Waals surface area contributed by atoms with E-state index in [1.807, 2.05) is 67.6 Å². The standard InChI is InChI=1S/C31H28N4O5S/c1-4-19-40-31(39)21-15-17-22(18-16-21)34-28(36)26(27(30(34)38)41-24-13-9-6-10-14-24)32-25-20(2)33(3)35(29(25)37)23-11-7-5-8-12-23/h5-18,32H,4,19H2,1-3H3. The van der Waals surface area contributed by atoms with Crippen LogP contribution in [0.15, 0.2) is 105 Å². The Morgan fingerprint density at radius 3 is 2.12 bits per heavy atom. The second-order valence-electron chi connectivity index (χ2n) is 9.31. The zero-order valence-corrected chi connectivity index (χ0v) is 23.6. The summed E-state index contributed by atoms with van der Waals surface area (Å²) in [4.78, 5) is 55.4. The molecule has 0 spiro atoms. The van der Waals surface area contributed by atoms with Crippen LogP contribution in [-0.4, -0.2) is 33.8 Å². The maximum absolute atomic E-state index is 13.8. The number of nitrogens with one attached hydrogen (secondary N) is 1. The smallest absolute Gasteiger partial charge is 0.338 e. The molecule has 1 N–H and O–H groups in total. The van der Waals surface area contributed by atoms with Gasteiger partial charge in [-0.2, -0.15) is 0 Å². The van der Waals surface area contributed by atoms with Crippen molar-refractivity contribution in [2.45, 2.75) is 25.2 Å². The molecule has 0 bridgehead atoms. The molecule has 0 aliphatic carbocycles. The maximum Gasteiger partial charge on any atom is 0.338 e. The first kappa shape index (κ1) is 27.7. The molecule has 10 heteroatoms. The van der Waals surface area contributed by atoms with Gasteiger partial charge in [-0.3, -0.25) is 19.1 Å². The molecule has 0 atom stereocenters. The van der Waals surface area contributed by atoms with Crippen LogP contribution in [0.3, 0.4) is 0 Å². The summed E-state index contributed by atoms with van der Waals surface area (Å²) in [5, 5.41) is 3.03. The van der Waals surface area contributed by atoms with E-state index in [1.54, 1.807) is 18.7 Å². The van der Waals surface area contributed by atoms with Crippen LogP contribution in [0.5, 0.6) is 0 Å². The molecule has 0 radical (unpaired) electrons. The summed E-state index contributed by atoms with van der Waals surface area (Å²) in [6.45, 7) is 3.97. The van der Waals surface area contributed by atoms with Gasteiger partial charge in [0.2, 0.25) is 0 Å². The van der Waals surface area contributed by atoms with Crippen molar-refractivity contribution in [2.75, 3.05) is 16.8 Å². The summed E-state index contributed by atoms with van der Waals surface area (Å²) < 4.78 is 8.37. The lowest BCUT2D eigenvalue weighted by Crippen LogP contribution is -2.32. The number of carbonyl (C=O) groups is 3. The second kappa shape index (κ2) is 11.7. The molecule has 9 nitrogen and oxygen atoms in total. The third-order valence-electron chi connectivity index (χ3n) is 6.61. The van der Waals surface area contributed by atoms with E-state index in [2.05, 4.69) is 5.32 Å². The SMILES string of the molecule is CCCOC(=O)c1ccc(N2C(=O)C(Nc3c(C)n(C)n(-c4ccccc4)c3=O)=C(Sc3ccccc3)C2=O)cc1. The number of ether oxygens (including phenoxy) is 1. The van der Waals surface area contributed by atoms with Gasteiger partial charge < -0.3 is 10.1 Å². The molecule has 208 valence electrons. The van der Waals surface area contributed by atoms with Gasteiger partial charge in [0.1, 0.15) is 16.3 Å². The average Bonchev–Trinajstić information content (AvgIpc) is 3.35. The number of amides is 2. The number of esters is 1. The van der Waals surface area contributed by atoms with Crippen molar-refractivity contribution in [1.82, 2.24) is 9.36 Å². The lowest BCUT2D eigenvalue weighted by molar-refractivity contribution is -0.120. The van der Waals surface area contributed by atoms with Gasteiger partial charge in [-0.1, -0.05) is 55.1 Å². The summed E-state index contributed by atoms with van der Waals surface area (Å²) in [6.07, 6.45) is 0.696. The number of hydrogen-bond acceptors (Lipinski definition) is 7. The fourth-order valence-corrected chi connectivity index (χ4v) is 5.37. The van der Waals surface area contributed by atoms with Crippen LogP contribution in [0.25, 0.3) is 5.69 Å². The van der Waals surface area contributed by atoms with Crippen LogP contribution in [0.2, 0.25) is 0 Å². The van der Waals surface area contributed by atoms with E-state index in [9.17, 15) is 19.2 Å². The molecule has 0 fully saturated rings. The number of carbonyl (C=O) groups excluding carboxylic acids is 3. The molecule has 1 aromatic heterocycles. The molecule has 1 aliphatic rings. The predicted octanol–water partition coefficient (Wildman–Crippen LogP) is 5.04. The van der Waals surface area contributed by atoms with Gasteiger partial charge >= 0.3 is 5.97 Å². The predicted molar refractivity (Wildman–Crippen MR) is 158 cm³/mol. The van der Waals surface area contributed by atoms with Crippen LogP contribution in [0, 0.1) is 6.92 Å². The summed E-state index contributed by atoms with van der Waals surface area (Å²) in [6, 6.07) is 24.5. The number of nitrogens with zero attached hydrogens (tertiary/aromatic N) is 3. The zero-order chi connectivity index (χ0) is 29.1. The number of benzene rings is 3. The monoisotopic (exact) mass is 568 g/mol. The number of thioether (sulfide) groups is 1. The van der Waals surface area contributed by atoms with Gasteiger partial charge in [-0.05, 0) is 61.9 Å². The Kier molecular flexibility index (Phi) is 7.93. The lowest BCUT2D eigenvalue weighted by atomic mass is 10.2. The Hall–Kier alpha value is -4.83. The normalized spacial score (nSPS) is 13.2. The van der Waals surface area contributed by atoms with E-state index < -0.39 is 17.8 Å². The van der Waals surface area contributed by atoms with Gasteiger partial charge in [0.25, 0.3) is 17.4 Å². The Morgan fingerprint density at radius 2 is 1.49 bits per heavy atom. The molecule has 2 amide bonds. The van der Waals surface area contributed by atoms with Gasteiger partial charge in [0, 0.05) is 11.9 Å². The first-order valence-electron chi connectivity index (χ1n) is 13.1. The summed E-state index contributed by atoms with van der Waals surface area (Å²) in [5.41, 5.74) is 1.69. The molecule has 0 unspecified atom stereocenters. The van der Waals surface area contributed by atoms with Crippen molar-refractivity contribution in [3.05, 3.63) is 117 Å².